The molecule has 2 atom stereocenters. The lowest BCUT2D eigenvalue weighted by molar-refractivity contribution is 0.0971. The Labute approximate surface area is 111 Å². The fourth-order valence-corrected chi connectivity index (χ4v) is 3.56. The van der Waals surface area contributed by atoms with Gasteiger partial charge in [0.1, 0.15) is 0 Å². The summed E-state index contributed by atoms with van der Waals surface area (Å²) in [5.41, 5.74) is 0. The summed E-state index contributed by atoms with van der Waals surface area (Å²) in [5, 5.41) is 3.55. The molecule has 0 saturated carbocycles. The van der Waals surface area contributed by atoms with Crippen LogP contribution in [0.1, 0.15) is 25.7 Å². The summed E-state index contributed by atoms with van der Waals surface area (Å²) in [7, 11) is 0. The van der Waals surface area contributed by atoms with Gasteiger partial charge in [-0.3, -0.25) is 9.80 Å². The van der Waals surface area contributed by atoms with Gasteiger partial charge in [0.2, 0.25) is 0 Å². The van der Waals surface area contributed by atoms with E-state index in [2.05, 4.69) is 15.1 Å². The lowest BCUT2D eigenvalue weighted by Gasteiger charge is -2.37. The zero-order chi connectivity index (χ0) is 12.2. The highest BCUT2D eigenvalue weighted by Gasteiger charge is 2.29. The van der Waals surface area contributed by atoms with Crippen LogP contribution in [-0.2, 0) is 4.74 Å². The van der Waals surface area contributed by atoms with Gasteiger partial charge in [-0.1, -0.05) is 0 Å². The molecule has 4 nitrogen and oxygen atoms in total. The summed E-state index contributed by atoms with van der Waals surface area (Å²) in [6, 6.07) is 0.858. The van der Waals surface area contributed by atoms with E-state index in [1.165, 1.54) is 58.4 Å². The maximum absolute atomic E-state index is 5.62. The van der Waals surface area contributed by atoms with Crippen molar-refractivity contribution in [2.45, 2.75) is 37.8 Å². The third-order valence-corrected chi connectivity index (χ3v) is 4.67. The first-order valence-electron chi connectivity index (χ1n) is 7.70. The van der Waals surface area contributed by atoms with Gasteiger partial charge in [0, 0.05) is 51.9 Å². The molecule has 0 aromatic carbocycles. The van der Waals surface area contributed by atoms with E-state index in [1.807, 2.05) is 0 Å². The number of hydrogen-bond acceptors (Lipinski definition) is 4. The Morgan fingerprint density at radius 1 is 1.11 bits per heavy atom. The minimum Gasteiger partial charge on any atom is -0.377 e. The van der Waals surface area contributed by atoms with E-state index < -0.39 is 0 Å². The number of nitrogens with one attached hydrogen (secondary N) is 1. The summed E-state index contributed by atoms with van der Waals surface area (Å²) in [5.74, 6) is 0. The Bertz CT molecular complexity index is 255. The van der Waals surface area contributed by atoms with Crippen LogP contribution in [0, 0.1) is 0 Å². The number of nitrogens with zero attached hydrogens (tertiary/aromatic N) is 2. The van der Waals surface area contributed by atoms with Gasteiger partial charge < -0.3 is 10.1 Å². The highest BCUT2D eigenvalue weighted by molar-refractivity contribution is 4.86. The minimum atomic E-state index is 0.483. The lowest BCUT2D eigenvalue weighted by Crippen LogP contribution is -2.51. The van der Waals surface area contributed by atoms with Crippen molar-refractivity contribution >= 4 is 0 Å². The Kier molecular flexibility index (Phi) is 4.52. The van der Waals surface area contributed by atoms with Crippen molar-refractivity contribution in [1.29, 1.82) is 0 Å². The molecule has 104 valence electrons. The van der Waals surface area contributed by atoms with Crippen LogP contribution >= 0.6 is 0 Å². The predicted molar refractivity (Wildman–Crippen MR) is 72.9 cm³/mol. The van der Waals surface area contributed by atoms with Crippen molar-refractivity contribution in [2.75, 3.05) is 52.4 Å². The Morgan fingerprint density at radius 3 is 3.00 bits per heavy atom. The maximum atomic E-state index is 5.62. The van der Waals surface area contributed by atoms with Crippen LogP contribution in [0.15, 0.2) is 0 Å². The number of fused-ring (bicyclic) bond motifs is 1. The first kappa shape index (κ1) is 12.9. The van der Waals surface area contributed by atoms with Gasteiger partial charge in [-0.2, -0.15) is 0 Å². The number of ether oxygens (including phenoxy) is 1. The maximum Gasteiger partial charge on any atom is 0.0700 e. The van der Waals surface area contributed by atoms with Crippen molar-refractivity contribution in [1.82, 2.24) is 15.1 Å². The van der Waals surface area contributed by atoms with Crippen LogP contribution in [0.3, 0.4) is 0 Å². The van der Waals surface area contributed by atoms with Crippen molar-refractivity contribution in [3.05, 3.63) is 0 Å². The molecule has 3 rings (SSSR count). The van der Waals surface area contributed by atoms with Crippen LogP contribution < -0.4 is 5.32 Å². The minimum absolute atomic E-state index is 0.483. The van der Waals surface area contributed by atoms with Crippen LogP contribution in [-0.4, -0.2) is 74.4 Å². The van der Waals surface area contributed by atoms with Gasteiger partial charge in [0.25, 0.3) is 0 Å². The molecule has 3 fully saturated rings. The summed E-state index contributed by atoms with van der Waals surface area (Å²) in [4.78, 5) is 5.31. The molecule has 0 spiro atoms. The van der Waals surface area contributed by atoms with E-state index in [9.17, 15) is 0 Å². The molecule has 0 aliphatic carbocycles. The van der Waals surface area contributed by atoms with Gasteiger partial charge >= 0.3 is 0 Å². The Morgan fingerprint density at radius 2 is 2.11 bits per heavy atom. The van der Waals surface area contributed by atoms with E-state index in [1.54, 1.807) is 0 Å². The monoisotopic (exact) mass is 253 g/mol. The van der Waals surface area contributed by atoms with Gasteiger partial charge in [0.05, 0.1) is 6.10 Å². The van der Waals surface area contributed by atoms with E-state index >= 15 is 0 Å². The second-order valence-electron chi connectivity index (χ2n) is 5.97. The molecule has 1 N–H and O–H groups in total. The SMILES string of the molecule is C1COC(CNCCN2CCN3CCCC3C2)C1. The van der Waals surface area contributed by atoms with Crippen LogP contribution in [0.5, 0.6) is 0 Å². The Hall–Kier alpha value is -0.160. The first-order chi connectivity index (χ1) is 8.92. The molecule has 0 amide bonds. The predicted octanol–water partition coefficient (Wildman–Crippen LogP) is 0.535. The summed E-state index contributed by atoms with van der Waals surface area (Å²) < 4.78 is 5.62. The molecule has 3 aliphatic heterocycles. The molecule has 0 radical (unpaired) electrons. The van der Waals surface area contributed by atoms with Crippen molar-refractivity contribution in [3.63, 3.8) is 0 Å². The highest BCUT2D eigenvalue weighted by atomic mass is 16.5. The summed E-state index contributed by atoms with van der Waals surface area (Å²) in [6.07, 6.45) is 5.80. The molecule has 18 heavy (non-hydrogen) atoms. The van der Waals surface area contributed by atoms with E-state index in [0.717, 1.165) is 25.7 Å². The van der Waals surface area contributed by atoms with Gasteiger partial charge in [-0.25, -0.2) is 0 Å². The van der Waals surface area contributed by atoms with Crippen LogP contribution in [0.4, 0.5) is 0 Å². The van der Waals surface area contributed by atoms with Crippen molar-refractivity contribution in [2.24, 2.45) is 0 Å². The first-order valence-corrected chi connectivity index (χ1v) is 7.70. The molecule has 3 heterocycles. The molecule has 4 heteroatoms. The smallest absolute Gasteiger partial charge is 0.0700 e. The lowest BCUT2D eigenvalue weighted by atomic mass is 10.1. The second-order valence-corrected chi connectivity index (χ2v) is 5.97. The van der Waals surface area contributed by atoms with Crippen molar-refractivity contribution < 1.29 is 4.74 Å². The molecular formula is C14H27N3O. The fraction of sp³-hybridized carbons (Fsp3) is 1.00. The quantitative estimate of drug-likeness (QED) is 0.724. The van der Waals surface area contributed by atoms with E-state index in [4.69, 9.17) is 4.74 Å². The molecule has 0 aromatic heterocycles. The number of piperazine rings is 1. The van der Waals surface area contributed by atoms with Crippen LogP contribution in [0.25, 0.3) is 0 Å². The van der Waals surface area contributed by atoms with Gasteiger partial charge in [-0.15, -0.1) is 0 Å². The van der Waals surface area contributed by atoms with Crippen molar-refractivity contribution in [3.8, 4) is 0 Å². The molecule has 0 aromatic rings. The normalized spacial score (nSPS) is 34.0. The largest absolute Gasteiger partial charge is 0.377 e. The van der Waals surface area contributed by atoms with E-state index in [-0.39, 0.29) is 0 Å². The highest BCUT2D eigenvalue weighted by Crippen LogP contribution is 2.21. The summed E-state index contributed by atoms with van der Waals surface area (Å²) in [6.45, 7) is 9.52. The third kappa shape index (κ3) is 3.23. The standard InChI is InChI=1S/C14H27N3O/c1-3-13-12-16(8-9-17(13)6-1)7-5-15-11-14-4-2-10-18-14/h13-15H,1-12H2. The van der Waals surface area contributed by atoms with E-state index in [0.29, 0.717) is 6.10 Å². The average molecular weight is 253 g/mol. The molecule has 0 bridgehead atoms. The molecular weight excluding hydrogens is 226 g/mol. The molecule has 3 aliphatic rings. The zero-order valence-corrected chi connectivity index (χ0v) is 11.4. The van der Waals surface area contributed by atoms with Gasteiger partial charge in [0.15, 0.2) is 0 Å². The van der Waals surface area contributed by atoms with Gasteiger partial charge in [-0.05, 0) is 32.2 Å². The summed E-state index contributed by atoms with van der Waals surface area (Å²) >= 11 is 0. The molecule has 2 unspecified atom stereocenters. The second kappa shape index (κ2) is 6.33. The third-order valence-electron chi connectivity index (χ3n) is 4.67. The average Bonchev–Trinajstić information content (AvgIpc) is 3.05. The van der Waals surface area contributed by atoms with Crippen LogP contribution in [0.2, 0.25) is 0 Å². The number of rotatable bonds is 5. The Balaban J connectivity index is 1.29. The number of hydrogen-bond donors (Lipinski definition) is 1. The molecule has 3 saturated heterocycles. The zero-order valence-electron chi connectivity index (χ0n) is 11.4. The topological polar surface area (TPSA) is 27.7 Å². The fourth-order valence-electron chi connectivity index (χ4n) is 3.56.